The van der Waals surface area contributed by atoms with Gasteiger partial charge in [0.05, 0.1) is 13.7 Å². The van der Waals surface area contributed by atoms with Crippen LogP contribution >= 0.6 is 0 Å². The van der Waals surface area contributed by atoms with Gasteiger partial charge in [-0.15, -0.1) is 0 Å². The van der Waals surface area contributed by atoms with Crippen LogP contribution in [0.1, 0.15) is 39.7 Å². The topological polar surface area (TPSA) is 73.9 Å². The van der Waals surface area contributed by atoms with Crippen molar-refractivity contribution in [2.45, 2.75) is 52.4 Å². The molecule has 0 fully saturated rings. The number of hydrogen-bond acceptors (Lipinski definition) is 5. The standard InChI is InChI=1S/C19H29NO5/c1-14(12-24-13-15-9-7-6-8-10-15)11-16(17(21)23-5)20-18(22)25-19(2,3)4/h6-10,14,16H,11-13H2,1-5H3,(H,20,22). The number of methoxy groups -OCH3 is 1. The fraction of sp³-hybridized carbons (Fsp3) is 0.579. The van der Waals surface area contributed by atoms with Crippen molar-refractivity contribution in [2.75, 3.05) is 13.7 Å². The Labute approximate surface area is 149 Å². The third kappa shape index (κ3) is 9.10. The van der Waals surface area contributed by atoms with Crippen LogP contribution in [0.15, 0.2) is 30.3 Å². The molecule has 0 aromatic heterocycles. The largest absolute Gasteiger partial charge is 0.467 e. The lowest BCUT2D eigenvalue weighted by molar-refractivity contribution is -0.143. The van der Waals surface area contributed by atoms with Gasteiger partial charge in [0, 0.05) is 6.61 Å². The molecule has 1 rings (SSSR count). The Morgan fingerprint density at radius 2 is 1.80 bits per heavy atom. The normalized spacial score (nSPS) is 13.6. The van der Waals surface area contributed by atoms with E-state index in [2.05, 4.69) is 5.32 Å². The first-order chi connectivity index (χ1) is 11.7. The lowest BCUT2D eigenvalue weighted by Crippen LogP contribution is -2.45. The van der Waals surface area contributed by atoms with Crippen LogP contribution in [-0.4, -0.2) is 37.4 Å². The van der Waals surface area contributed by atoms with Gasteiger partial charge in [-0.3, -0.25) is 0 Å². The van der Waals surface area contributed by atoms with Gasteiger partial charge in [-0.1, -0.05) is 37.3 Å². The number of benzene rings is 1. The van der Waals surface area contributed by atoms with E-state index >= 15 is 0 Å². The van der Waals surface area contributed by atoms with E-state index in [-0.39, 0.29) is 5.92 Å². The Bertz CT molecular complexity index is 538. The first-order valence-corrected chi connectivity index (χ1v) is 8.40. The molecular formula is C19H29NO5. The van der Waals surface area contributed by atoms with Crippen molar-refractivity contribution in [2.24, 2.45) is 5.92 Å². The summed E-state index contributed by atoms with van der Waals surface area (Å²) in [7, 11) is 1.29. The second-order valence-electron chi connectivity index (χ2n) is 7.06. The van der Waals surface area contributed by atoms with E-state index in [9.17, 15) is 9.59 Å². The van der Waals surface area contributed by atoms with Gasteiger partial charge >= 0.3 is 12.1 Å². The van der Waals surface area contributed by atoms with Crippen molar-refractivity contribution in [3.8, 4) is 0 Å². The van der Waals surface area contributed by atoms with Gasteiger partial charge in [0.2, 0.25) is 0 Å². The van der Waals surface area contributed by atoms with Crippen LogP contribution in [0.3, 0.4) is 0 Å². The summed E-state index contributed by atoms with van der Waals surface area (Å²) in [4.78, 5) is 23.8. The summed E-state index contributed by atoms with van der Waals surface area (Å²) in [6.07, 6.45) is -0.235. The molecule has 1 N–H and O–H groups in total. The molecule has 0 saturated carbocycles. The zero-order valence-electron chi connectivity index (χ0n) is 15.7. The first kappa shape index (κ1) is 21.0. The molecule has 140 valence electrons. The highest BCUT2D eigenvalue weighted by Gasteiger charge is 2.26. The van der Waals surface area contributed by atoms with Crippen molar-refractivity contribution in [1.82, 2.24) is 5.32 Å². The van der Waals surface area contributed by atoms with Crippen LogP contribution < -0.4 is 5.32 Å². The van der Waals surface area contributed by atoms with Crippen molar-refractivity contribution >= 4 is 12.1 Å². The van der Waals surface area contributed by atoms with Crippen molar-refractivity contribution in [3.05, 3.63) is 35.9 Å². The minimum absolute atomic E-state index is 0.0581. The summed E-state index contributed by atoms with van der Waals surface area (Å²) < 4.78 is 15.6. The quantitative estimate of drug-likeness (QED) is 0.728. The molecule has 2 atom stereocenters. The number of esters is 1. The zero-order valence-corrected chi connectivity index (χ0v) is 15.7. The number of hydrogen-bond donors (Lipinski definition) is 1. The molecule has 0 radical (unpaired) electrons. The van der Waals surface area contributed by atoms with Crippen LogP contribution in [0.4, 0.5) is 4.79 Å². The molecule has 0 saturated heterocycles. The van der Waals surface area contributed by atoms with Crippen LogP contribution in [0.2, 0.25) is 0 Å². The van der Waals surface area contributed by atoms with Crippen LogP contribution in [0, 0.1) is 5.92 Å². The average Bonchev–Trinajstić information content (AvgIpc) is 2.52. The molecule has 0 spiro atoms. The molecule has 0 aliphatic carbocycles. The highest BCUT2D eigenvalue weighted by atomic mass is 16.6. The second-order valence-corrected chi connectivity index (χ2v) is 7.06. The molecule has 2 unspecified atom stereocenters. The third-order valence-corrected chi connectivity index (χ3v) is 3.33. The van der Waals surface area contributed by atoms with Crippen LogP contribution in [-0.2, 0) is 25.6 Å². The van der Waals surface area contributed by atoms with Crippen molar-refractivity contribution in [1.29, 1.82) is 0 Å². The van der Waals surface area contributed by atoms with E-state index in [4.69, 9.17) is 14.2 Å². The Morgan fingerprint density at radius 1 is 1.16 bits per heavy atom. The van der Waals surface area contributed by atoms with Gasteiger partial charge < -0.3 is 19.5 Å². The number of ether oxygens (including phenoxy) is 3. The molecule has 0 aliphatic heterocycles. The molecule has 0 aliphatic rings. The van der Waals surface area contributed by atoms with E-state index in [1.54, 1.807) is 20.8 Å². The summed E-state index contributed by atoms with van der Waals surface area (Å²) in [5.41, 5.74) is 0.459. The number of carbonyl (C=O) groups excluding carboxylic acids is 2. The lowest BCUT2D eigenvalue weighted by Gasteiger charge is -2.24. The summed E-state index contributed by atoms with van der Waals surface area (Å²) in [6, 6.07) is 9.09. The molecule has 0 bridgehead atoms. The minimum Gasteiger partial charge on any atom is -0.467 e. The third-order valence-electron chi connectivity index (χ3n) is 3.33. The Hall–Kier alpha value is -2.08. The maximum atomic E-state index is 11.9. The van der Waals surface area contributed by atoms with Gasteiger partial charge in [-0.05, 0) is 38.7 Å². The van der Waals surface area contributed by atoms with Crippen LogP contribution in [0.25, 0.3) is 0 Å². The number of carbonyl (C=O) groups is 2. The Balaban J connectivity index is 2.47. The van der Waals surface area contributed by atoms with E-state index in [1.165, 1.54) is 7.11 Å². The van der Waals surface area contributed by atoms with Crippen LogP contribution in [0.5, 0.6) is 0 Å². The highest BCUT2D eigenvalue weighted by Crippen LogP contribution is 2.12. The molecule has 1 amide bonds. The average molecular weight is 351 g/mol. The fourth-order valence-corrected chi connectivity index (χ4v) is 2.23. The molecule has 6 heteroatoms. The van der Waals surface area contributed by atoms with Gasteiger partial charge in [-0.25, -0.2) is 9.59 Å². The Morgan fingerprint density at radius 3 is 2.36 bits per heavy atom. The number of alkyl carbamates (subject to hydrolysis) is 1. The Kier molecular flexibility index (Phi) is 8.41. The maximum absolute atomic E-state index is 11.9. The van der Waals surface area contributed by atoms with Crippen molar-refractivity contribution < 1.29 is 23.8 Å². The summed E-state index contributed by atoms with van der Waals surface area (Å²) >= 11 is 0. The van der Waals surface area contributed by atoms with Gasteiger partial charge in [0.1, 0.15) is 11.6 Å². The highest BCUT2D eigenvalue weighted by molar-refractivity contribution is 5.81. The second kappa shape index (κ2) is 10.0. The fourth-order valence-electron chi connectivity index (χ4n) is 2.23. The minimum atomic E-state index is -0.768. The van der Waals surface area contributed by atoms with Gasteiger partial charge in [0.15, 0.2) is 0 Å². The van der Waals surface area contributed by atoms with E-state index in [0.717, 1.165) is 5.56 Å². The molecular weight excluding hydrogens is 322 g/mol. The van der Waals surface area contributed by atoms with E-state index in [1.807, 2.05) is 37.3 Å². The molecule has 6 nitrogen and oxygen atoms in total. The monoisotopic (exact) mass is 351 g/mol. The SMILES string of the molecule is COC(=O)C(CC(C)COCc1ccccc1)NC(=O)OC(C)(C)C. The number of nitrogens with one attached hydrogen (secondary N) is 1. The zero-order chi connectivity index (χ0) is 18.9. The summed E-state index contributed by atoms with van der Waals surface area (Å²) in [6.45, 7) is 8.23. The molecule has 1 aromatic carbocycles. The predicted molar refractivity (Wildman–Crippen MR) is 95.1 cm³/mol. The van der Waals surface area contributed by atoms with E-state index < -0.39 is 23.7 Å². The van der Waals surface area contributed by atoms with Crippen molar-refractivity contribution in [3.63, 3.8) is 0 Å². The number of amides is 1. The predicted octanol–water partition coefficient (Wildman–Crippen LogP) is 3.30. The smallest absolute Gasteiger partial charge is 0.408 e. The van der Waals surface area contributed by atoms with Gasteiger partial charge in [0.25, 0.3) is 0 Å². The molecule has 25 heavy (non-hydrogen) atoms. The lowest BCUT2D eigenvalue weighted by atomic mass is 10.0. The summed E-state index contributed by atoms with van der Waals surface area (Å²) in [5.74, 6) is -0.441. The maximum Gasteiger partial charge on any atom is 0.408 e. The van der Waals surface area contributed by atoms with E-state index in [0.29, 0.717) is 19.6 Å². The summed E-state index contributed by atoms with van der Waals surface area (Å²) in [5, 5.41) is 2.57. The molecule has 1 aromatic rings. The first-order valence-electron chi connectivity index (χ1n) is 8.40. The van der Waals surface area contributed by atoms with Gasteiger partial charge in [-0.2, -0.15) is 0 Å². The molecule has 0 heterocycles. The number of rotatable bonds is 8.